The minimum absolute atomic E-state index is 0. The highest BCUT2D eigenvalue weighted by Crippen LogP contribution is 1.99. The van der Waals surface area contributed by atoms with Gasteiger partial charge in [-0.2, -0.15) is 0 Å². The Morgan fingerprint density at radius 2 is 1.92 bits per heavy atom. The Bertz CT molecular complexity index is 420. The average molecular weight is 451 g/mol. The van der Waals surface area contributed by atoms with Crippen LogP contribution in [0.3, 0.4) is 0 Å². The molecule has 0 aliphatic carbocycles. The minimum atomic E-state index is 0. The Hall–Kier alpha value is -0.760. The zero-order valence-corrected chi connectivity index (χ0v) is 17.8. The molecule has 5 nitrogen and oxygen atoms in total. The van der Waals surface area contributed by atoms with Gasteiger partial charge in [-0.25, -0.2) is 0 Å². The van der Waals surface area contributed by atoms with Crippen molar-refractivity contribution >= 4 is 29.9 Å². The van der Waals surface area contributed by atoms with E-state index in [0.717, 1.165) is 57.4 Å². The second kappa shape index (κ2) is 14.6. The molecule has 0 radical (unpaired) electrons. The third-order valence-electron chi connectivity index (χ3n) is 3.07. The summed E-state index contributed by atoms with van der Waals surface area (Å²) < 4.78 is 10.9. The van der Waals surface area contributed by atoms with Crippen LogP contribution in [0.4, 0.5) is 0 Å². The lowest BCUT2D eigenvalue weighted by molar-refractivity contribution is 0.108. The predicted molar refractivity (Wildman–Crippen MR) is 111 cm³/mol. The predicted octanol–water partition coefficient (Wildman–Crippen LogP) is 3.69. The Labute approximate surface area is 164 Å². The molecule has 24 heavy (non-hydrogen) atoms. The zero-order chi connectivity index (χ0) is 16.9. The lowest BCUT2D eigenvalue weighted by Crippen LogP contribution is -2.39. The molecule has 1 aromatic heterocycles. The molecular formula is C18H34IN3O2. The number of furan rings is 1. The van der Waals surface area contributed by atoms with Crippen LogP contribution in [0.2, 0.25) is 0 Å². The second-order valence-corrected chi connectivity index (χ2v) is 6.59. The highest BCUT2D eigenvalue weighted by molar-refractivity contribution is 14.0. The number of aliphatic imine (C=N–C) groups is 1. The highest BCUT2D eigenvalue weighted by atomic mass is 127. The van der Waals surface area contributed by atoms with E-state index in [9.17, 15) is 0 Å². The van der Waals surface area contributed by atoms with Crippen LogP contribution >= 0.6 is 24.0 Å². The van der Waals surface area contributed by atoms with Crippen LogP contribution in [-0.2, 0) is 11.2 Å². The lowest BCUT2D eigenvalue weighted by Gasteiger charge is -2.13. The number of hydrogen-bond donors (Lipinski definition) is 2. The Morgan fingerprint density at radius 3 is 2.54 bits per heavy atom. The molecule has 6 heteroatoms. The maximum Gasteiger partial charge on any atom is 0.191 e. The van der Waals surface area contributed by atoms with E-state index in [1.807, 2.05) is 12.1 Å². The summed E-state index contributed by atoms with van der Waals surface area (Å²) >= 11 is 0. The fourth-order valence-electron chi connectivity index (χ4n) is 1.91. The van der Waals surface area contributed by atoms with E-state index in [1.165, 1.54) is 0 Å². The van der Waals surface area contributed by atoms with Crippen LogP contribution in [0.1, 0.15) is 39.9 Å². The standard InChI is InChI=1S/C18H33N3O2.HI/c1-15(2)13-21-18(19-9-6-11-22-14-16(3)4)20-10-8-17-7-5-12-23-17;/h5,7,12,15-16H,6,8-11,13-14H2,1-4H3,(H2,19,20,21);1H. The zero-order valence-electron chi connectivity index (χ0n) is 15.5. The van der Waals surface area contributed by atoms with E-state index in [4.69, 9.17) is 9.15 Å². The molecule has 0 fully saturated rings. The molecule has 0 amide bonds. The average Bonchev–Trinajstić information content (AvgIpc) is 3.00. The van der Waals surface area contributed by atoms with Crippen molar-refractivity contribution in [2.75, 3.05) is 32.8 Å². The van der Waals surface area contributed by atoms with Crippen LogP contribution < -0.4 is 10.6 Å². The number of rotatable bonds is 11. The largest absolute Gasteiger partial charge is 0.469 e. The normalized spacial score (nSPS) is 11.7. The second-order valence-electron chi connectivity index (χ2n) is 6.59. The van der Waals surface area contributed by atoms with E-state index >= 15 is 0 Å². The van der Waals surface area contributed by atoms with Gasteiger partial charge < -0.3 is 19.8 Å². The van der Waals surface area contributed by atoms with Crippen molar-refractivity contribution < 1.29 is 9.15 Å². The number of nitrogens with zero attached hydrogens (tertiary/aromatic N) is 1. The summed E-state index contributed by atoms with van der Waals surface area (Å²) in [5.41, 5.74) is 0. The molecule has 0 saturated carbocycles. The summed E-state index contributed by atoms with van der Waals surface area (Å²) in [4.78, 5) is 4.61. The molecular weight excluding hydrogens is 417 g/mol. The third-order valence-corrected chi connectivity index (χ3v) is 3.07. The molecule has 0 atom stereocenters. The fourth-order valence-corrected chi connectivity index (χ4v) is 1.91. The molecule has 0 saturated heterocycles. The Morgan fingerprint density at radius 1 is 1.17 bits per heavy atom. The van der Waals surface area contributed by atoms with Gasteiger partial charge in [0.15, 0.2) is 5.96 Å². The Kier molecular flexibility index (Phi) is 14.1. The van der Waals surface area contributed by atoms with Gasteiger partial charge in [-0.3, -0.25) is 4.99 Å². The van der Waals surface area contributed by atoms with Gasteiger partial charge in [0, 0.05) is 39.3 Å². The van der Waals surface area contributed by atoms with Crippen LogP contribution in [0.5, 0.6) is 0 Å². The van der Waals surface area contributed by atoms with Gasteiger partial charge in [0.25, 0.3) is 0 Å². The number of guanidine groups is 1. The van der Waals surface area contributed by atoms with Gasteiger partial charge in [0.1, 0.15) is 5.76 Å². The first kappa shape index (κ1) is 23.2. The first-order chi connectivity index (χ1) is 11.1. The number of ether oxygens (including phenoxy) is 1. The van der Waals surface area contributed by atoms with Crippen LogP contribution in [0, 0.1) is 11.8 Å². The fraction of sp³-hybridized carbons (Fsp3) is 0.722. The van der Waals surface area contributed by atoms with Gasteiger partial charge in [-0.1, -0.05) is 27.7 Å². The third kappa shape index (κ3) is 12.6. The molecule has 0 unspecified atom stereocenters. The maximum atomic E-state index is 5.59. The van der Waals surface area contributed by atoms with E-state index in [1.54, 1.807) is 6.26 Å². The molecule has 0 aliphatic rings. The highest BCUT2D eigenvalue weighted by Gasteiger charge is 2.01. The molecule has 1 aromatic rings. The summed E-state index contributed by atoms with van der Waals surface area (Å²) in [5, 5.41) is 6.73. The molecule has 140 valence electrons. The van der Waals surface area contributed by atoms with Crippen LogP contribution in [-0.4, -0.2) is 38.8 Å². The summed E-state index contributed by atoms with van der Waals surface area (Å²) in [7, 11) is 0. The van der Waals surface area contributed by atoms with E-state index < -0.39 is 0 Å². The van der Waals surface area contributed by atoms with Gasteiger partial charge in [0.2, 0.25) is 0 Å². The molecule has 0 aromatic carbocycles. The molecule has 0 aliphatic heterocycles. The van der Waals surface area contributed by atoms with Gasteiger partial charge >= 0.3 is 0 Å². The van der Waals surface area contributed by atoms with Crippen molar-refractivity contribution in [1.29, 1.82) is 0 Å². The Balaban J connectivity index is 0.00000529. The van der Waals surface area contributed by atoms with Crippen LogP contribution in [0.15, 0.2) is 27.8 Å². The monoisotopic (exact) mass is 451 g/mol. The summed E-state index contributed by atoms with van der Waals surface area (Å²) in [5.74, 6) is 3.00. The number of halogens is 1. The molecule has 1 heterocycles. The van der Waals surface area contributed by atoms with Gasteiger partial charge in [-0.05, 0) is 30.4 Å². The maximum absolute atomic E-state index is 5.59. The quantitative estimate of drug-likeness (QED) is 0.233. The van der Waals surface area contributed by atoms with Crippen molar-refractivity contribution in [2.24, 2.45) is 16.8 Å². The molecule has 0 spiro atoms. The topological polar surface area (TPSA) is 58.8 Å². The summed E-state index contributed by atoms with van der Waals surface area (Å²) in [6.45, 7) is 12.8. The van der Waals surface area contributed by atoms with Crippen molar-refractivity contribution in [2.45, 2.75) is 40.5 Å². The van der Waals surface area contributed by atoms with E-state index in [0.29, 0.717) is 11.8 Å². The van der Waals surface area contributed by atoms with Gasteiger partial charge in [0.05, 0.1) is 6.26 Å². The van der Waals surface area contributed by atoms with E-state index in [-0.39, 0.29) is 24.0 Å². The molecule has 2 N–H and O–H groups in total. The van der Waals surface area contributed by atoms with Crippen molar-refractivity contribution in [3.63, 3.8) is 0 Å². The lowest BCUT2D eigenvalue weighted by atomic mass is 10.2. The molecule has 0 bridgehead atoms. The number of hydrogen-bond acceptors (Lipinski definition) is 3. The van der Waals surface area contributed by atoms with E-state index in [2.05, 4.69) is 43.3 Å². The summed E-state index contributed by atoms with van der Waals surface area (Å²) in [6, 6.07) is 3.91. The minimum Gasteiger partial charge on any atom is -0.469 e. The van der Waals surface area contributed by atoms with Crippen molar-refractivity contribution in [3.05, 3.63) is 24.2 Å². The van der Waals surface area contributed by atoms with Crippen molar-refractivity contribution in [1.82, 2.24) is 10.6 Å². The SMILES string of the molecule is CC(C)CN=C(NCCCOCC(C)C)NCCc1ccco1.I. The number of nitrogens with one attached hydrogen (secondary N) is 2. The first-order valence-electron chi connectivity index (χ1n) is 8.70. The van der Waals surface area contributed by atoms with Gasteiger partial charge in [-0.15, -0.1) is 24.0 Å². The smallest absolute Gasteiger partial charge is 0.191 e. The van der Waals surface area contributed by atoms with Crippen molar-refractivity contribution in [3.8, 4) is 0 Å². The molecule has 1 rings (SSSR count). The first-order valence-corrected chi connectivity index (χ1v) is 8.70. The van der Waals surface area contributed by atoms with Crippen LogP contribution in [0.25, 0.3) is 0 Å². The summed E-state index contributed by atoms with van der Waals surface area (Å²) in [6.07, 6.45) is 3.54.